The van der Waals surface area contributed by atoms with Gasteiger partial charge < -0.3 is 15.0 Å². The Bertz CT molecular complexity index is 1370. The summed E-state index contributed by atoms with van der Waals surface area (Å²) in [6.07, 6.45) is 2.45. The van der Waals surface area contributed by atoms with E-state index < -0.39 is 23.5 Å². The minimum Gasteiger partial charge on any atom is -0.507 e. The number of rotatable bonds is 5. The van der Waals surface area contributed by atoms with Gasteiger partial charge in [-0.3, -0.25) is 9.59 Å². The molecule has 1 amide bonds. The lowest BCUT2D eigenvalue weighted by molar-refractivity contribution is -0.139. The first-order valence-corrected chi connectivity index (χ1v) is 10.7. The number of benzene rings is 3. The summed E-state index contributed by atoms with van der Waals surface area (Å²) in [5, 5.41) is 12.1. The van der Waals surface area contributed by atoms with Crippen LogP contribution in [0.1, 0.15) is 22.7 Å². The molecule has 0 aliphatic carbocycles. The standard InChI is InChI=1S/C27H21FN2O3/c28-20-12-10-18(11-13-20)25(31)23-24(17-6-2-1-3-7-17)30(27(33)26(23)32)15-14-19-16-29-22-9-5-4-8-21(19)22/h1-13,16,24,29,31H,14-15H2/t24-/m0/s1. The maximum absolute atomic E-state index is 13.4. The average Bonchev–Trinajstić information content (AvgIpc) is 3.37. The van der Waals surface area contributed by atoms with E-state index in [1.54, 1.807) is 0 Å². The molecule has 33 heavy (non-hydrogen) atoms. The monoisotopic (exact) mass is 440 g/mol. The minimum absolute atomic E-state index is 0.0109. The molecule has 1 atom stereocenters. The number of nitrogens with one attached hydrogen (secondary N) is 1. The van der Waals surface area contributed by atoms with E-state index in [1.165, 1.54) is 29.2 Å². The summed E-state index contributed by atoms with van der Waals surface area (Å²) in [6.45, 7) is 0.298. The van der Waals surface area contributed by atoms with Crippen molar-refractivity contribution < 1.29 is 19.1 Å². The molecule has 1 aromatic heterocycles. The number of amides is 1. The Balaban J connectivity index is 1.55. The molecule has 5 nitrogen and oxygen atoms in total. The van der Waals surface area contributed by atoms with Crippen molar-refractivity contribution in [2.24, 2.45) is 0 Å². The van der Waals surface area contributed by atoms with Crippen LogP contribution in [0.25, 0.3) is 16.7 Å². The topological polar surface area (TPSA) is 73.4 Å². The highest BCUT2D eigenvalue weighted by atomic mass is 19.1. The molecule has 3 aromatic carbocycles. The van der Waals surface area contributed by atoms with E-state index in [-0.39, 0.29) is 16.9 Å². The molecule has 6 heteroatoms. The van der Waals surface area contributed by atoms with Crippen LogP contribution in [0, 0.1) is 5.82 Å². The van der Waals surface area contributed by atoms with Crippen molar-refractivity contribution in [2.75, 3.05) is 6.54 Å². The van der Waals surface area contributed by atoms with E-state index in [0.717, 1.165) is 22.0 Å². The van der Waals surface area contributed by atoms with Crippen molar-refractivity contribution in [2.45, 2.75) is 12.5 Å². The number of Topliss-reactive ketones (excluding diaryl/α,β-unsaturated/α-hetero) is 1. The van der Waals surface area contributed by atoms with Crippen LogP contribution in [-0.2, 0) is 16.0 Å². The highest BCUT2D eigenvalue weighted by molar-refractivity contribution is 6.46. The van der Waals surface area contributed by atoms with E-state index in [4.69, 9.17) is 0 Å². The summed E-state index contributed by atoms with van der Waals surface area (Å²) >= 11 is 0. The molecule has 1 aliphatic heterocycles. The van der Waals surface area contributed by atoms with Gasteiger partial charge in [0.25, 0.3) is 11.7 Å². The first-order valence-electron chi connectivity index (χ1n) is 10.7. The SMILES string of the molecule is O=C1C(=O)N(CCc2c[nH]c3ccccc23)[C@@H](c2ccccc2)C1=C(O)c1ccc(F)cc1. The van der Waals surface area contributed by atoms with Gasteiger partial charge in [-0.2, -0.15) is 0 Å². The normalized spacial score (nSPS) is 17.7. The number of carbonyl (C=O) groups excluding carboxylic acids is 2. The summed E-state index contributed by atoms with van der Waals surface area (Å²) in [4.78, 5) is 30.9. The highest BCUT2D eigenvalue weighted by Crippen LogP contribution is 2.39. The van der Waals surface area contributed by atoms with Crippen LogP contribution in [0.3, 0.4) is 0 Å². The largest absolute Gasteiger partial charge is 0.507 e. The molecule has 0 unspecified atom stereocenters. The third-order valence-corrected chi connectivity index (χ3v) is 6.07. The number of aromatic nitrogens is 1. The van der Waals surface area contributed by atoms with Crippen LogP contribution < -0.4 is 0 Å². The van der Waals surface area contributed by atoms with Crippen molar-refractivity contribution in [1.82, 2.24) is 9.88 Å². The van der Waals surface area contributed by atoms with E-state index >= 15 is 0 Å². The second kappa shape index (κ2) is 8.39. The summed E-state index contributed by atoms with van der Waals surface area (Å²) < 4.78 is 13.4. The zero-order valence-corrected chi connectivity index (χ0v) is 17.7. The minimum atomic E-state index is -0.746. The number of likely N-dealkylation sites (tertiary alicyclic amines) is 1. The van der Waals surface area contributed by atoms with Gasteiger partial charge >= 0.3 is 0 Å². The molecule has 2 heterocycles. The molecule has 5 rings (SSSR count). The van der Waals surface area contributed by atoms with E-state index in [1.807, 2.05) is 60.8 Å². The Kier molecular flexibility index (Phi) is 5.26. The zero-order valence-electron chi connectivity index (χ0n) is 17.7. The molecule has 164 valence electrons. The van der Waals surface area contributed by atoms with E-state index in [2.05, 4.69) is 4.98 Å². The Morgan fingerprint density at radius 1 is 0.939 bits per heavy atom. The third-order valence-electron chi connectivity index (χ3n) is 6.07. The molecule has 0 radical (unpaired) electrons. The maximum atomic E-state index is 13.4. The Hall–Kier alpha value is -4.19. The number of ketones is 1. The lowest BCUT2D eigenvalue weighted by Gasteiger charge is -2.25. The molecule has 0 bridgehead atoms. The Morgan fingerprint density at radius 2 is 1.64 bits per heavy atom. The van der Waals surface area contributed by atoms with Crippen LogP contribution in [0.4, 0.5) is 4.39 Å². The molecule has 0 spiro atoms. The van der Waals surface area contributed by atoms with Crippen LogP contribution >= 0.6 is 0 Å². The number of carbonyl (C=O) groups is 2. The second-order valence-corrected chi connectivity index (χ2v) is 8.02. The summed E-state index contributed by atoms with van der Waals surface area (Å²) in [6, 6.07) is 21.5. The van der Waals surface area contributed by atoms with Gasteiger partial charge in [0, 0.05) is 29.2 Å². The summed E-state index contributed by atoms with van der Waals surface area (Å²) in [7, 11) is 0. The Labute approximate surface area is 189 Å². The van der Waals surface area contributed by atoms with E-state index in [9.17, 15) is 19.1 Å². The van der Waals surface area contributed by atoms with Crippen LogP contribution in [0.2, 0.25) is 0 Å². The molecule has 1 saturated heterocycles. The fraction of sp³-hybridized carbons (Fsp3) is 0.111. The lowest BCUT2D eigenvalue weighted by atomic mass is 9.95. The van der Waals surface area contributed by atoms with Crippen LogP contribution in [-0.4, -0.2) is 33.2 Å². The van der Waals surface area contributed by atoms with Crippen LogP contribution in [0.5, 0.6) is 0 Å². The summed E-state index contributed by atoms with van der Waals surface area (Å²) in [5.41, 5.74) is 3.06. The molecular formula is C27H21FN2O3. The number of hydrogen-bond acceptors (Lipinski definition) is 3. The number of fused-ring (bicyclic) bond motifs is 1. The first kappa shape index (κ1) is 20.7. The van der Waals surface area contributed by atoms with Crippen molar-refractivity contribution in [3.63, 3.8) is 0 Å². The number of aliphatic hydroxyl groups excluding tert-OH is 1. The molecule has 4 aromatic rings. The number of H-pyrrole nitrogens is 1. The lowest BCUT2D eigenvalue weighted by Crippen LogP contribution is -2.31. The van der Waals surface area contributed by atoms with Crippen molar-refractivity contribution in [3.8, 4) is 0 Å². The van der Waals surface area contributed by atoms with Gasteiger partial charge in [-0.1, -0.05) is 48.5 Å². The number of nitrogens with zero attached hydrogens (tertiary/aromatic N) is 1. The summed E-state index contributed by atoms with van der Waals surface area (Å²) in [5.74, 6) is -2.17. The van der Waals surface area contributed by atoms with Gasteiger partial charge in [0.2, 0.25) is 0 Å². The zero-order chi connectivity index (χ0) is 22.9. The molecule has 1 fully saturated rings. The number of halogens is 1. The quantitative estimate of drug-likeness (QED) is 0.261. The van der Waals surface area contributed by atoms with Gasteiger partial charge in [-0.05, 0) is 47.9 Å². The molecular weight excluding hydrogens is 419 g/mol. The predicted octanol–water partition coefficient (Wildman–Crippen LogP) is 4.97. The van der Waals surface area contributed by atoms with Crippen molar-refractivity contribution >= 4 is 28.4 Å². The predicted molar refractivity (Wildman–Crippen MR) is 124 cm³/mol. The van der Waals surface area contributed by atoms with Gasteiger partial charge in [-0.15, -0.1) is 0 Å². The number of para-hydroxylation sites is 1. The number of aromatic amines is 1. The fourth-order valence-electron chi connectivity index (χ4n) is 4.44. The molecule has 0 saturated carbocycles. The fourth-order valence-corrected chi connectivity index (χ4v) is 4.44. The smallest absolute Gasteiger partial charge is 0.295 e. The number of hydrogen-bond donors (Lipinski definition) is 2. The Morgan fingerprint density at radius 3 is 2.39 bits per heavy atom. The van der Waals surface area contributed by atoms with Crippen LogP contribution in [0.15, 0.2) is 90.6 Å². The highest BCUT2D eigenvalue weighted by Gasteiger charge is 2.45. The van der Waals surface area contributed by atoms with Crippen molar-refractivity contribution in [3.05, 3.63) is 113 Å². The first-order chi connectivity index (χ1) is 16.0. The van der Waals surface area contributed by atoms with Gasteiger partial charge in [0.05, 0.1) is 11.6 Å². The average molecular weight is 440 g/mol. The molecule has 2 N–H and O–H groups in total. The van der Waals surface area contributed by atoms with Gasteiger partial charge in [-0.25, -0.2) is 4.39 Å². The maximum Gasteiger partial charge on any atom is 0.295 e. The third kappa shape index (κ3) is 3.69. The van der Waals surface area contributed by atoms with Gasteiger partial charge in [0.1, 0.15) is 11.6 Å². The van der Waals surface area contributed by atoms with E-state index in [0.29, 0.717) is 13.0 Å². The van der Waals surface area contributed by atoms with Crippen molar-refractivity contribution in [1.29, 1.82) is 0 Å². The van der Waals surface area contributed by atoms with Gasteiger partial charge in [0.15, 0.2) is 0 Å². The second-order valence-electron chi connectivity index (χ2n) is 8.02. The number of aliphatic hydroxyl groups is 1. The molecule has 1 aliphatic rings.